The SMILES string of the molecule is C1=Cc2ccc(Oc3cccc(Oc4ccccn4)c3)cc2N(c2cccc3oc4cccnc4c23)c2ccccc21. The first-order chi connectivity index (χ1) is 20.8. The highest BCUT2D eigenvalue weighted by Crippen LogP contribution is 2.47. The second-order valence-electron chi connectivity index (χ2n) is 9.90. The summed E-state index contributed by atoms with van der Waals surface area (Å²) in [6, 6.07) is 37.6. The number of ether oxygens (including phenoxy) is 2. The summed E-state index contributed by atoms with van der Waals surface area (Å²) >= 11 is 0. The molecular weight excluding hydrogens is 522 g/mol. The van der Waals surface area contributed by atoms with E-state index in [0.717, 1.165) is 50.3 Å². The number of para-hydroxylation sites is 1. The molecule has 6 heteroatoms. The smallest absolute Gasteiger partial charge is 0.219 e. The molecule has 7 aromatic rings. The molecule has 42 heavy (non-hydrogen) atoms. The van der Waals surface area contributed by atoms with E-state index in [-0.39, 0.29) is 0 Å². The van der Waals surface area contributed by atoms with Gasteiger partial charge in [-0.1, -0.05) is 48.6 Å². The summed E-state index contributed by atoms with van der Waals surface area (Å²) in [5.41, 5.74) is 7.54. The first-order valence-corrected chi connectivity index (χ1v) is 13.6. The number of anilines is 3. The van der Waals surface area contributed by atoms with Crippen LogP contribution in [0.1, 0.15) is 11.1 Å². The van der Waals surface area contributed by atoms with Gasteiger partial charge < -0.3 is 18.8 Å². The van der Waals surface area contributed by atoms with Gasteiger partial charge in [0.2, 0.25) is 5.88 Å². The van der Waals surface area contributed by atoms with Crippen LogP contribution in [-0.4, -0.2) is 9.97 Å². The number of hydrogen-bond donors (Lipinski definition) is 0. The number of nitrogens with zero attached hydrogens (tertiary/aromatic N) is 3. The number of aromatic nitrogens is 2. The topological polar surface area (TPSA) is 60.6 Å². The van der Waals surface area contributed by atoms with Gasteiger partial charge in [0.1, 0.15) is 28.3 Å². The van der Waals surface area contributed by atoms with Crippen LogP contribution < -0.4 is 14.4 Å². The number of fused-ring (bicyclic) bond motifs is 5. The van der Waals surface area contributed by atoms with Crippen molar-refractivity contribution in [2.24, 2.45) is 0 Å². The van der Waals surface area contributed by atoms with Gasteiger partial charge in [0.05, 0.1) is 22.4 Å². The van der Waals surface area contributed by atoms with E-state index >= 15 is 0 Å². The van der Waals surface area contributed by atoms with Gasteiger partial charge >= 0.3 is 0 Å². The molecule has 0 bridgehead atoms. The van der Waals surface area contributed by atoms with Crippen LogP contribution in [0.4, 0.5) is 17.1 Å². The van der Waals surface area contributed by atoms with E-state index in [0.29, 0.717) is 23.1 Å². The van der Waals surface area contributed by atoms with Crippen molar-refractivity contribution >= 4 is 51.3 Å². The molecular formula is C36H23N3O3. The predicted molar refractivity (Wildman–Crippen MR) is 166 cm³/mol. The molecule has 0 fully saturated rings. The normalized spacial score (nSPS) is 12.1. The lowest BCUT2D eigenvalue weighted by atomic mass is 10.1. The number of benzene rings is 4. The monoisotopic (exact) mass is 545 g/mol. The Morgan fingerprint density at radius 2 is 1.26 bits per heavy atom. The Morgan fingerprint density at radius 1 is 0.524 bits per heavy atom. The molecule has 0 saturated heterocycles. The maximum absolute atomic E-state index is 6.40. The Hall–Kier alpha value is -5.88. The minimum atomic E-state index is 0.524. The van der Waals surface area contributed by atoms with Gasteiger partial charge in [-0.15, -0.1) is 0 Å². The highest BCUT2D eigenvalue weighted by atomic mass is 16.5. The van der Waals surface area contributed by atoms with Crippen LogP contribution in [-0.2, 0) is 0 Å². The van der Waals surface area contributed by atoms with Crippen molar-refractivity contribution in [1.29, 1.82) is 0 Å². The second kappa shape index (κ2) is 9.94. The lowest BCUT2D eigenvalue weighted by Gasteiger charge is -2.28. The molecule has 0 amide bonds. The van der Waals surface area contributed by atoms with E-state index in [1.54, 1.807) is 12.4 Å². The average Bonchev–Trinajstić information content (AvgIpc) is 3.33. The molecule has 3 aromatic heterocycles. The van der Waals surface area contributed by atoms with Crippen molar-refractivity contribution < 1.29 is 13.9 Å². The molecule has 0 atom stereocenters. The highest BCUT2D eigenvalue weighted by Gasteiger charge is 2.24. The molecule has 0 radical (unpaired) electrons. The number of pyridine rings is 2. The predicted octanol–water partition coefficient (Wildman–Crippen LogP) is 9.91. The lowest BCUT2D eigenvalue weighted by molar-refractivity contribution is 0.449. The summed E-state index contributed by atoms with van der Waals surface area (Å²) in [6.07, 6.45) is 7.80. The van der Waals surface area contributed by atoms with E-state index in [2.05, 4.69) is 64.5 Å². The molecule has 8 rings (SSSR count). The first kappa shape index (κ1) is 24.0. The molecule has 0 aliphatic carbocycles. The van der Waals surface area contributed by atoms with Crippen LogP contribution in [0.5, 0.6) is 23.1 Å². The van der Waals surface area contributed by atoms with Crippen molar-refractivity contribution in [1.82, 2.24) is 9.97 Å². The highest BCUT2D eigenvalue weighted by molar-refractivity contribution is 6.12. The molecule has 0 N–H and O–H groups in total. The average molecular weight is 546 g/mol. The van der Waals surface area contributed by atoms with Crippen LogP contribution in [0.25, 0.3) is 34.2 Å². The van der Waals surface area contributed by atoms with Crippen molar-refractivity contribution in [3.63, 3.8) is 0 Å². The maximum atomic E-state index is 6.40. The second-order valence-corrected chi connectivity index (χ2v) is 9.90. The van der Waals surface area contributed by atoms with Crippen molar-refractivity contribution in [3.8, 4) is 23.1 Å². The molecule has 200 valence electrons. The third-order valence-electron chi connectivity index (χ3n) is 7.24. The van der Waals surface area contributed by atoms with E-state index < -0.39 is 0 Å². The summed E-state index contributed by atoms with van der Waals surface area (Å²) in [7, 11) is 0. The summed E-state index contributed by atoms with van der Waals surface area (Å²) in [6.45, 7) is 0. The zero-order valence-corrected chi connectivity index (χ0v) is 22.3. The third-order valence-corrected chi connectivity index (χ3v) is 7.24. The summed E-state index contributed by atoms with van der Waals surface area (Å²) in [5.74, 6) is 2.53. The molecule has 1 aliphatic heterocycles. The van der Waals surface area contributed by atoms with Crippen LogP contribution in [0.15, 0.2) is 132 Å². The zero-order chi connectivity index (χ0) is 27.9. The fourth-order valence-corrected chi connectivity index (χ4v) is 5.40. The van der Waals surface area contributed by atoms with Gasteiger partial charge in [0.25, 0.3) is 0 Å². The summed E-state index contributed by atoms with van der Waals surface area (Å²) in [4.78, 5) is 11.2. The summed E-state index contributed by atoms with van der Waals surface area (Å²) in [5, 5.41) is 0.960. The molecule has 1 aliphatic rings. The van der Waals surface area contributed by atoms with Gasteiger partial charge in [-0.2, -0.15) is 0 Å². The lowest BCUT2D eigenvalue weighted by Crippen LogP contribution is -2.12. The molecule has 6 nitrogen and oxygen atoms in total. The zero-order valence-electron chi connectivity index (χ0n) is 22.3. The molecule has 0 spiro atoms. The Labute approximate surface area is 241 Å². The van der Waals surface area contributed by atoms with Gasteiger partial charge in [0, 0.05) is 30.6 Å². The number of hydrogen-bond acceptors (Lipinski definition) is 6. The van der Waals surface area contributed by atoms with Crippen LogP contribution >= 0.6 is 0 Å². The van der Waals surface area contributed by atoms with Crippen LogP contribution in [0, 0.1) is 0 Å². The fraction of sp³-hybridized carbons (Fsp3) is 0. The fourth-order valence-electron chi connectivity index (χ4n) is 5.40. The van der Waals surface area contributed by atoms with Crippen LogP contribution in [0.2, 0.25) is 0 Å². The molecule has 0 unspecified atom stereocenters. The Kier molecular flexibility index (Phi) is 5.67. The maximum Gasteiger partial charge on any atom is 0.219 e. The standard InChI is InChI=1S/C36H23N3O3/c1-2-11-29-24(8-1)16-17-25-18-19-28(40-26-9-5-10-27(22-26)41-34-15-3-4-20-37-34)23-31(25)39(29)30-12-6-13-32-35(30)36-33(42-32)14-7-21-38-36/h1-23H. The minimum absolute atomic E-state index is 0.524. The summed E-state index contributed by atoms with van der Waals surface area (Å²) < 4.78 is 18.5. The number of furan rings is 1. The molecule has 0 saturated carbocycles. The Balaban J connectivity index is 1.25. The molecule has 4 aromatic carbocycles. The van der Waals surface area contributed by atoms with Crippen molar-refractivity contribution in [3.05, 3.63) is 139 Å². The van der Waals surface area contributed by atoms with Crippen molar-refractivity contribution in [2.45, 2.75) is 0 Å². The number of rotatable bonds is 5. The van der Waals surface area contributed by atoms with E-state index in [9.17, 15) is 0 Å². The van der Waals surface area contributed by atoms with E-state index in [1.807, 2.05) is 72.8 Å². The largest absolute Gasteiger partial charge is 0.457 e. The van der Waals surface area contributed by atoms with E-state index in [4.69, 9.17) is 18.9 Å². The quantitative estimate of drug-likeness (QED) is 0.214. The van der Waals surface area contributed by atoms with Gasteiger partial charge in [-0.25, -0.2) is 4.98 Å². The first-order valence-electron chi connectivity index (χ1n) is 13.6. The Morgan fingerprint density at radius 3 is 2.17 bits per heavy atom. The van der Waals surface area contributed by atoms with Gasteiger partial charge in [-0.3, -0.25) is 4.98 Å². The third kappa shape index (κ3) is 4.22. The van der Waals surface area contributed by atoms with Gasteiger partial charge in [-0.05, 0) is 71.8 Å². The minimum Gasteiger partial charge on any atom is -0.457 e. The Bertz CT molecular complexity index is 2120. The molecule has 4 heterocycles. The van der Waals surface area contributed by atoms with Crippen LogP contribution in [0.3, 0.4) is 0 Å². The van der Waals surface area contributed by atoms with Gasteiger partial charge in [0.15, 0.2) is 5.58 Å². The van der Waals surface area contributed by atoms with Crippen molar-refractivity contribution in [2.75, 3.05) is 4.90 Å². The van der Waals surface area contributed by atoms with E-state index in [1.165, 1.54) is 0 Å².